The maximum Gasteiger partial charge on any atom is 0.353 e. The first-order valence-corrected chi connectivity index (χ1v) is 17.3. The van der Waals surface area contributed by atoms with E-state index in [4.69, 9.17) is 22.4 Å². The van der Waals surface area contributed by atoms with Gasteiger partial charge in [0.05, 0.1) is 9.79 Å². The molecule has 0 unspecified atom stereocenters. The van der Waals surface area contributed by atoms with Gasteiger partial charge < -0.3 is 9.47 Å². The van der Waals surface area contributed by atoms with Crippen LogP contribution >= 0.6 is 10.7 Å². The number of hydrogen-bond donors (Lipinski definition) is 1. The van der Waals surface area contributed by atoms with Crippen molar-refractivity contribution in [2.24, 2.45) is 0 Å². The molecule has 4 rings (SSSR count). The van der Waals surface area contributed by atoms with E-state index >= 15 is 0 Å². The number of sulfone groups is 2. The molecule has 0 aliphatic heterocycles. The van der Waals surface area contributed by atoms with Crippen LogP contribution in [0, 0.1) is 6.92 Å². The van der Waals surface area contributed by atoms with Gasteiger partial charge in [0.15, 0.2) is 19.7 Å². The van der Waals surface area contributed by atoms with Gasteiger partial charge in [-0.2, -0.15) is 8.42 Å². The highest BCUT2D eigenvalue weighted by Crippen LogP contribution is 2.24. The number of halogens is 1. The topological polar surface area (TPSA) is 141 Å². The second-order valence-electron chi connectivity index (χ2n) is 8.23. The van der Waals surface area contributed by atoms with E-state index in [1.165, 1.54) is 24.6 Å². The van der Waals surface area contributed by atoms with Crippen molar-refractivity contribution in [3.05, 3.63) is 109 Å². The monoisotopic (exact) mass is 626 g/mol. The Morgan fingerprint density at radius 3 is 1.10 bits per heavy atom. The third-order valence-corrected chi connectivity index (χ3v) is 7.00. The average Bonchev–Trinajstić information content (AvgIpc) is 2.85. The van der Waals surface area contributed by atoms with Crippen molar-refractivity contribution < 1.29 is 39.3 Å². The molecule has 0 aromatic heterocycles. The quantitative estimate of drug-likeness (QED) is 0.198. The number of para-hydroxylation sites is 1. The SMILES string of the molecule is CS(=O)(=O)c1ccc(Oc2ccccc2)cc1.Cc1ccc(Oc2ccc(S(C)(=O)=O)cc2)cc1.O=S(=O)(O)Cl. The largest absolute Gasteiger partial charge is 0.457 e. The van der Waals surface area contributed by atoms with Gasteiger partial charge in [-0.1, -0.05) is 35.9 Å². The Morgan fingerprint density at radius 2 is 0.800 bits per heavy atom. The molecule has 0 aliphatic carbocycles. The average molecular weight is 627 g/mol. The first-order valence-electron chi connectivity index (χ1n) is 11.3. The van der Waals surface area contributed by atoms with Gasteiger partial charge in [0.25, 0.3) is 0 Å². The van der Waals surface area contributed by atoms with Gasteiger partial charge in [0.1, 0.15) is 23.0 Å². The van der Waals surface area contributed by atoms with Crippen LogP contribution in [0.2, 0.25) is 0 Å². The van der Waals surface area contributed by atoms with Gasteiger partial charge in [-0.05, 0) is 79.7 Å². The molecular formula is C27H27ClO9S3. The van der Waals surface area contributed by atoms with Crippen LogP contribution < -0.4 is 9.47 Å². The maximum absolute atomic E-state index is 11.3. The zero-order valence-corrected chi connectivity index (χ0v) is 24.8. The molecule has 0 radical (unpaired) electrons. The fourth-order valence-electron chi connectivity index (χ4n) is 2.88. The molecule has 4 aromatic rings. The van der Waals surface area contributed by atoms with Gasteiger partial charge in [-0.15, -0.1) is 0 Å². The zero-order chi connectivity index (χ0) is 30.0. The van der Waals surface area contributed by atoms with E-state index in [9.17, 15) is 16.8 Å². The van der Waals surface area contributed by atoms with Gasteiger partial charge in [0, 0.05) is 23.2 Å². The van der Waals surface area contributed by atoms with Crippen LogP contribution in [0.1, 0.15) is 5.56 Å². The summed E-state index contributed by atoms with van der Waals surface area (Å²) in [6, 6.07) is 29.7. The van der Waals surface area contributed by atoms with Gasteiger partial charge >= 0.3 is 9.33 Å². The first kappa shape index (κ1) is 32.8. The van der Waals surface area contributed by atoms with Crippen LogP contribution in [0.5, 0.6) is 23.0 Å². The number of aryl methyl sites for hydroxylation is 1. The fraction of sp³-hybridized carbons (Fsp3) is 0.111. The van der Waals surface area contributed by atoms with Crippen molar-refractivity contribution in [1.82, 2.24) is 0 Å². The van der Waals surface area contributed by atoms with Crippen LogP contribution in [0.3, 0.4) is 0 Å². The summed E-state index contributed by atoms with van der Waals surface area (Å²) < 4.78 is 81.4. The van der Waals surface area contributed by atoms with E-state index in [1.807, 2.05) is 61.5 Å². The molecule has 0 fully saturated rings. The lowest BCUT2D eigenvalue weighted by Crippen LogP contribution is -1.96. The van der Waals surface area contributed by atoms with Gasteiger partial charge in [-0.25, -0.2) is 16.8 Å². The van der Waals surface area contributed by atoms with Crippen LogP contribution in [0.15, 0.2) is 113 Å². The molecule has 0 saturated heterocycles. The molecule has 0 bridgehead atoms. The summed E-state index contributed by atoms with van der Waals surface area (Å²) in [6.45, 7) is 2.00. The lowest BCUT2D eigenvalue weighted by Gasteiger charge is -2.06. The summed E-state index contributed by atoms with van der Waals surface area (Å²) >= 11 is 0. The molecule has 0 heterocycles. The van der Waals surface area contributed by atoms with E-state index in [2.05, 4.69) is 10.7 Å². The van der Waals surface area contributed by atoms with E-state index in [0.29, 0.717) is 16.4 Å². The Bertz CT molecular complexity index is 1680. The van der Waals surface area contributed by atoms with Crippen molar-refractivity contribution in [2.75, 3.05) is 12.5 Å². The molecular weight excluding hydrogens is 600 g/mol. The molecule has 0 atom stereocenters. The van der Waals surface area contributed by atoms with E-state index in [1.54, 1.807) is 36.4 Å². The van der Waals surface area contributed by atoms with Crippen LogP contribution in [-0.2, 0) is 29.0 Å². The zero-order valence-electron chi connectivity index (χ0n) is 21.6. The van der Waals surface area contributed by atoms with Crippen LogP contribution in [0.25, 0.3) is 0 Å². The second-order valence-corrected chi connectivity index (χ2v) is 14.3. The Kier molecular flexibility index (Phi) is 11.7. The molecule has 0 aliphatic rings. The summed E-state index contributed by atoms with van der Waals surface area (Å²) in [5.74, 6) is 2.68. The smallest absolute Gasteiger partial charge is 0.353 e. The molecule has 13 heteroatoms. The van der Waals surface area contributed by atoms with Crippen molar-refractivity contribution in [3.8, 4) is 23.0 Å². The number of ether oxygens (including phenoxy) is 2. The van der Waals surface area contributed by atoms with Crippen LogP contribution in [0.4, 0.5) is 0 Å². The van der Waals surface area contributed by atoms with Crippen molar-refractivity contribution in [1.29, 1.82) is 0 Å². The van der Waals surface area contributed by atoms with Gasteiger partial charge in [-0.3, -0.25) is 4.55 Å². The van der Waals surface area contributed by atoms with Crippen molar-refractivity contribution >= 4 is 39.7 Å². The van der Waals surface area contributed by atoms with E-state index in [0.717, 1.165) is 17.1 Å². The molecule has 0 amide bonds. The molecule has 0 saturated carbocycles. The molecule has 214 valence electrons. The predicted molar refractivity (Wildman–Crippen MR) is 154 cm³/mol. The Hall–Kier alpha value is -3.42. The first-order chi connectivity index (χ1) is 18.5. The summed E-state index contributed by atoms with van der Waals surface area (Å²) in [6.07, 6.45) is 2.36. The highest BCUT2D eigenvalue weighted by molar-refractivity contribution is 8.09. The minimum absolute atomic E-state index is 0.290. The van der Waals surface area contributed by atoms with E-state index < -0.39 is 29.0 Å². The minimum atomic E-state index is -4.19. The van der Waals surface area contributed by atoms with Crippen LogP contribution in [-0.4, -0.2) is 42.3 Å². The predicted octanol–water partition coefficient (Wildman–Crippen LogP) is 6.10. The summed E-state index contributed by atoms with van der Waals surface area (Å²) in [4.78, 5) is 0.580. The summed E-state index contributed by atoms with van der Waals surface area (Å²) in [5, 5.41) is 0. The highest BCUT2D eigenvalue weighted by Gasteiger charge is 2.07. The summed E-state index contributed by atoms with van der Waals surface area (Å²) in [7, 11) is -6.44. The molecule has 40 heavy (non-hydrogen) atoms. The van der Waals surface area contributed by atoms with Gasteiger partial charge in [0.2, 0.25) is 0 Å². The van der Waals surface area contributed by atoms with Crippen molar-refractivity contribution in [2.45, 2.75) is 16.7 Å². The lowest BCUT2D eigenvalue weighted by atomic mass is 10.2. The Labute approximate surface area is 239 Å². The minimum Gasteiger partial charge on any atom is -0.457 e. The normalized spacial score (nSPS) is 11.2. The third kappa shape index (κ3) is 13.1. The highest BCUT2D eigenvalue weighted by atomic mass is 35.7. The molecule has 0 spiro atoms. The Balaban J connectivity index is 0.000000241. The Morgan fingerprint density at radius 1 is 0.525 bits per heavy atom. The molecule has 4 aromatic carbocycles. The second kappa shape index (κ2) is 14.3. The van der Waals surface area contributed by atoms with E-state index in [-0.39, 0.29) is 4.90 Å². The number of rotatable bonds is 6. The number of benzene rings is 4. The molecule has 1 N–H and O–H groups in total. The maximum atomic E-state index is 11.3. The lowest BCUT2D eigenvalue weighted by molar-refractivity contribution is 0.482. The molecule has 9 nitrogen and oxygen atoms in total. The summed E-state index contributed by atoms with van der Waals surface area (Å²) in [5.41, 5.74) is 1.16. The number of hydrogen-bond acceptors (Lipinski definition) is 8. The standard InChI is InChI=1S/C14H14O3S.C13H12O3S.ClHO3S/c1-11-3-5-12(6-4-11)17-13-7-9-14(10-8-13)18(2,15)16;1-17(14,15)13-9-7-12(8-10-13)16-11-5-3-2-4-6-11;1-5(2,3)4/h3-10H,1-2H3;2-10H,1H3;(H,2,3,4). The third-order valence-electron chi connectivity index (χ3n) is 4.74. The van der Waals surface area contributed by atoms with Crippen molar-refractivity contribution in [3.63, 3.8) is 0 Å². The fourth-order valence-corrected chi connectivity index (χ4v) is 4.14.